The van der Waals surface area contributed by atoms with Gasteiger partial charge in [0.05, 0.1) is 12.1 Å². The molecule has 0 amide bonds. The lowest BCUT2D eigenvalue weighted by molar-refractivity contribution is 0.515. The molecule has 0 fully saturated rings. The highest BCUT2D eigenvalue weighted by Gasteiger charge is 2.16. The molecule has 0 aliphatic heterocycles. The molecule has 0 spiro atoms. The molecule has 9 nitrogen and oxygen atoms in total. The molecule has 0 N–H and O–H groups in total. The van der Waals surface area contributed by atoms with E-state index in [1.165, 1.54) is 43.4 Å². The Bertz CT molecular complexity index is 919. The van der Waals surface area contributed by atoms with Gasteiger partial charge in [0, 0.05) is 34.7 Å². The average molecular weight is 329 g/mol. The molecule has 0 saturated carbocycles. The van der Waals surface area contributed by atoms with Crippen LogP contribution in [0.3, 0.4) is 0 Å². The van der Waals surface area contributed by atoms with Gasteiger partial charge in [0.15, 0.2) is 11.2 Å². The first kappa shape index (κ1) is 16.4. The summed E-state index contributed by atoms with van der Waals surface area (Å²) in [7, 11) is 2.62. The van der Waals surface area contributed by atoms with Crippen molar-refractivity contribution >= 4 is 21.2 Å². The Morgan fingerprint density at radius 3 is 2.41 bits per heavy atom. The number of aryl methyl sites for hydroxylation is 2. The summed E-state index contributed by atoms with van der Waals surface area (Å²) in [6, 6.07) is 0. The number of imidazole rings is 1. The highest BCUT2D eigenvalue weighted by Crippen LogP contribution is 2.07. The second kappa shape index (κ2) is 5.69. The molecule has 0 unspecified atom stereocenters. The molecule has 10 heteroatoms. The second-order valence-electron chi connectivity index (χ2n) is 5.27. The summed E-state index contributed by atoms with van der Waals surface area (Å²) in [5.41, 5.74) is -0.292. The van der Waals surface area contributed by atoms with Crippen LogP contribution in [-0.2, 0) is 30.7 Å². The van der Waals surface area contributed by atoms with Crippen molar-refractivity contribution in [1.82, 2.24) is 23.0 Å². The van der Waals surface area contributed by atoms with E-state index in [2.05, 4.69) is 4.98 Å². The van der Waals surface area contributed by atoms with Crippen LogP contribution >= 0.6 is 0 Å². The van der Waals surface area contributed by atoms with E-state index in [1.807, 2.05) is 0 Å². The molecule has 2 rings (SSSR count). The summed E-state index contributed by atoms with van der Waals surface area (Å²) in [6.07, 6.45) is 1.80. The van der Waals surface area contributed by atoms with E-state index in [-0.39, 0.29) is 5.75 Å². The van der Waals surface area contributed by atoms with E-state index >= 15 is 0 Å². The third-order valence-electron chi connectivity index (χ3n) is 3.57. The Balaban J connectivity index is 2.35. The van der Waals surface area contributed by atoms with E-state index in [0.717, 1.165) is 4.57 Å². The maximum atomic E-state index is 12.2. The molecule has 2 heterocycles. The first-order valence-electron chi connectivity index (χ1n) is 6.68. The van der Waals surface area contributed by atoms with Gasteiger partial charge in [0.1, 0.15) is 0 Å². The van der Waals surface area contributed by atoms with Crippen molar-refractivity contribution < 1.29 is 8.42 Å². The van der Waals surface area contributed by atoms with Gasteiger partial charge < -0.3 is 4.57 Å². The third kappa shape index (κ3) is 2.71. The fourth-order valence-corrected chi connectivity index (χ4v) is 3.03. The molecule has 2 aromatic rings. The topological polar surface area (TPSA) is 99.2 Å². The Morgan fingerprint density at radius 1 is 1.18 bits per heavy atom. The van der Waals surface area contributed by atoms with Crippen molar-refractivity contribution in [3.63, 3.8) is 0 Å². The van der Waals surface area contributed by atoms with Gasteiger partial charge in [0.2, 0.25) is 10.0 Å². The highest BCUT2D eigenvalue weighted by molar-refractivity contribution is 7.89. The van der Waals surface area contributed by atoms with Crippen molar-refractivity contribution in [3.8, 4) is 0 Å². The summed E-state index contributed by atoms with van der Waals surface area (Å²) < 4.78 is 28.5. The van der Waals surface area contributed by atoms with Gasteiger partial charge in [-0.15, -0.1) is 0 Å². The van der Waals surface area contributed by atoms with Crippen molar-refractivity contribution in [2.75, 3.05) is 19.8 Å². The third-order valence-corrected chi connectivity index (χ3v) is 5.49. The van der Waals surface area contributed by atoms with Crippen LogP contribution in [0.4, 0.5) is 0 Å². The van der Waals surface area contributed by atoms with Crippen LogP contribution in [-0.4, -0.2) is 51.3 Å². The van der Waals surface area contributed by atoms with Gasteiger partial charge in [-0.05, 0) is 6.42 Å². The molecule has 0 aliphatic carbocycles. The molecule has 0 aliphatic rings. The lowest BCUT2D eigenvalue weighted by Gasteiger charge is -2.11. The minimum absolute atomic E-state index is 0.0221. The summed E-state index contributed by atoms with van der Waals surface area (Å²) in [5.74, 6) is -0.0221. The monoisotopic (exact) mass is 329 g/mol. The molecule has 0 atom stereocenters. The minimum atomic E-state index is -3.28. The molecule has 0 saturated heterocycles. The summed E-state index contributed by atoms with van der Waals surface area (Å²) in [4.78, 5) is 28.1. The fourth-order valence-electron chi connectivity index (χ4n) is 2.17. The Hall–Kier alpha value is -1.94. The zero-order chi connectivity index (χ0) is 16.7. The maximum absolute atomic E-state index is 12.2. The first-order valence-corrected chi connectivity index (χ1v) is 8.29. The maximum Gasteiger partial charge on any atom is 0.332 e. The van der Waals surface area contributed by atoms with E-state index in [4.69, 9.17) is 0 Å². The number of fused-ring (bicyclic) bond motifs is 1. The van der Waals surface area contributed by atoms with Gasteiger partial charge in [-0.1, -0.05) is 0 Å². The molecular formula is C12H19N5O4S. The molecule has 0 radical (unpaired) electrons. The van der Waals surface area contributed by atoms with Crippen LogP contribution in [0.2, 0.25) is 0 Å². The number of hydrogen-bond acceptors (Lipinski definition) is 5. The van der Waals surface area contributed by atoms with Crippen molar-refractivity contribution in [3.05, 3.63) is 27.2 Å². The lowest BCUT2D eigenvalue weighted by Crippen LogP contribution is -2.37. The minimum Gasteiger partial charge on any atom is -0.325 e. The van der Waals surface area contributed by atoms with Gasteiger partial charge in [-0.3, -0.25) is 13.9 Å². The standard InChI is InChI=1S/C12H19N5O4S/c1-14(2)22(20,21)7-5-6-17-8-13-10-9(17)11(18)16(4)12(19)15(10)3/h8H,5-7H2,1-4H3. The molecule has 22 heavy (non-hydrogen) atoms. The average Bonchev–Trinajstić information content (AvgIpc) is 2.86. The van der Waals surface area contributed by atoms with Gasteiger partial charge in [-0.25, -0.2) is 22.5 Å². The van der Waals surface area contributed by atoms with Crippen molar-refractivity contribution in [2.45, 2.75) is 13.0 Å². The van der Waals surface area contributed by atoms with E-state index in [9.17, 15) is 18.0 Å². The molecular weight excluding hydrogens is 310 g/mol. The van der Waals surface area contributed by atoms with Crippen LogP contribution in [0.5, 0.6) is 0 Å². The molecule has 2 aromatic heterocycles. The summed E-state index contributed by atoms with van der Waals surface area (Å²) in [6.45, 7) is 0.330. The zero-order valence-electron chi connectivity index (χ0n) is 13.0. The number of aromatic nitrogens is 4. The number of rotatable bonds is 5. The lowest BCUT2D eigenvalue weighted by atomic mass is 10.4. The number of sulfonamides is 1. The predicted molar refractivity (Wildman–Crippen MR) is 82.3 cm³/mol. The van der Waals surface area contributed by atoms with E-state index in [1.54, 1.807) is 4.57 Å². The van der Waals surface area contributed by atoms with E-state index < -0.39 is 21.3 Å². The normalized spacial score (nSPS) is 12.4. The fraction of sp³-hybridized carbons (Fsp3) is 0.583. The smallest absolute Gasteiger partial charge is 0.325 e. The number of nitrogens with zero attached hydrogens (tertiary/aromatic N) is 5. The van der Waals surface area contributed by atoms with Gasteiger partial charge >= 0.3 is 5.69 Å². The van der Waals surface area contributed by atoms with Crippen LogP contribution in [0.15, 0.2) is 15.9 Å². The highest BCUT2D eigenvalue weighted by atomic mass is 32.2. The summed E-state index contributed by atoms with van der Waals surface area (Å²) in [5, 5.41) is 0. The Kier molecular flexibility index (Phi) is 4.25. The Morgan fingerprint density at radius 2 is 1.82 bits per heavy atom. The number of hydrogen-bond donors (Lipinski definition) is 0. The van der Waals surface area contributed by atoms with Crippen LogP contribution in [0.1, 0.15) is 6.42 Å². The van der Waals surface area contributed by atoms with Crippen LogP contribution in [0.25, 0.3) is 11.2 Å². The SMILES string of the molecule is CN(C)S(=O)(=O)CCCn1cnc2c1c(=O)n(C)c(=O)n2C. The Labute approximate surface area is 127 Å². The van der Waals surface area contributed by atoms with Gasteiger partial charge in [0.25, 0.3) is 5.56 Å². The predicted octanol–water partition coefficient (Wildman–Crippen LogP) is -1.28. The van der Waals surface area contributed by atoms with Crippen molar-refractivity contribution in [1.29, 1.82) is 0 Å². The summed E-state index contributed by atoms with van der Waals surface area (Å²) >= 11 is 0. The quantitative estimate of drug-likeness (QED) is 0.680. The zero-order valence-corrected chi connectivity index (χ0v) is 13.8. The van der Waals surface area contributed by atoms with Crippen LogP contribution < -0.4 is 11.2 Å². The largest absolute Gasteiger partial charge is 0.332 e. The van der Waals surface area contributed by atoms with Crippen molar-refractivity contribution in [2.24, 2.45) is 14.1 Å². The van der Waals surface area contributed by atoms with Crippen LogP contribution in [0, 0.1) is 0 Å². The second-order valence-corrected chi connectivity index (χ2v) is 7.57. The van der Waals surface area contributed by atoms with Gasteiger partial charge in [-0.2, -0.15) is 0 Å². The molecule has 122 valence electrons. The molecule has 0 bridgehead atoms. The first-order chi connectivity index (χ1) is 10.2. The van der Waals surface area contributed by atoms with E-state index in [0.29, 0.717) is 24.1 Å². The molecule has 0 aromatic carbocycles.